The van der Waals surface area contributed by atoms with Crippen molar-refractivity contribution in [2.45, 2.75) is 6.18 Å². The smallest absolute Gasteiger partial charge is 0.451 e. The molecule has 0 aliphatic heterocycles. The monoisotopic (exact) mass is 254 g/mol. The number of hydrogen-bond acceptors (Lipinski definition) is 3. The van der Waals surface area contributed by atoms with E-state index in [1.165, 1.54) is 13.2 Å². The number of rotatable bonds is 2. The molecule has 0 unspecified atom stereocenters. The van der Waals surface area contributed by atoms with Gasteiger partial charge in [0, 0.05) is 11.8 Å². The molecule has 2 rings (SSSR count). The van der Waals surface area contributed by atoms with Crippen molar-refractivity contribution in [2.75, 3.05) is 7.11 Å². The fourth-order valence-corrected chi connectivity index (χ4v) is 1.42. The second kappa shape index (κ2) is 4.64. The van der Waals surface area contributed by atoms with Gasteiger partial charge in [0.25, 0.3) is 0 Å². The minimum Gasteiger partial charge on any atom is -0.497 e. The van der Waals surface area contributed by atoms with Crippen LogP contribution in [0.5, 0.6) is 5.75 Å². The van der Waals surface area contributed by atoms with E-state index in [2.05, 4.69) is 9.97 Å². The highest BCUT2D eigenvalue weighted by atomic mass is 19.4. The van der Waals surface area contributed by atoms with Gasteiger partial charge < -0.3 is 4.74 Å². The fourth-order valence-electron chi connectivity index (χ4n) is 1.42. The molecular weight excluding hydrogens is 245 g/mol. The quantitative estimate of drug-likeness (QED) is 0.825. The van der Waals surface area contributed by atoms with E-state index in [9.17, 15) is 13.2 Å². The van der Waals surface area contributed by atoms with Crippen molar-refractivity contribution in [1.29, 1.82) is 0 Å². The molecule has 1 aromatic carbocycles. The Morgan fingerprint density at radius 2 is 1.72 bits per heavy atom. The van der Waals surface area contributed by atoms with Crippen LogP contribution in [0.1, 0.15) is 5.82 Å². The van der Waals surface area contributed by atoms with Crippen molar-refractivity contribution >= 4 is 0 Å². The summed E-state index contributed by atoms with van der Waals surface area (Å²) in [5, 5.41) is 0. The largest absolute Gasteiger partial charge is 0.497 e. The molecular formula is C12H9F3N2O. The van der Waals surface area contributed by atoms with E-state index >= 15 is 0 Å². The van der Waals surface area contributed by atoms with Gasteiger partial charge in [0.15, 0.2) is 0 Å². The van der Waals surface area contributed by atoms with Crippen LogP contribution in [0.25, 0.3) is 11.3 Å². The molecule has 3 nitrogen and oxygen atoms in total. The summed E-state index contributed by atoms with van der Waals surface area (Å²) in [6.45, 7) is 0. The second-order valence-electron chi connectivity index (χ2n) is 3.49. The van der Waals surface area contributed by atoms with E-state index in [-0.39, 0.29) is 5.69 Å². The Hall–Kier alpha value is -2.11. The average molecular weight is 254 g/mol. The van der Waals surface area contributed by atoms with Crippen LogP contribution in [0.4, 0.5) is 13.2 Å². The lowest BCUT2D eigenvalue weighted by atomic mass is 10.1. The van der Waals surface area contributed by atoms with Gasteiger partial charge in [0.2, 0.25) is 5.82 Å². The maximum Gasteiger partial charge on any atom is 0.451 e. The number of halogens is 3. The van der Waals surface area contributed by atoms with Crippen LogP contribution in [-0.2, 0) is 6.18 Å². The van der Waals surface area contributed by atoms with E-state index in [0.29, 0.717) is 11.3 Å². The van der Waals surface area contributed by atoms with Crippen molar-refractivity contribution in [3.63, 3.8) is 0 Å². The maximum absolute atomic E-state index is 12.5. The van der Waals surface area contributed by atoms with Crippen molar-refractivity contribution in [3.8, 4) is 17.0 Å². The number of alkyl halides is 3. The predicted molar refractivity (Wildman–Crippen MR) is 59.0 cm³/mol. The molecule has 0 N–H and O–H groups in total. The van der Waals surface area contributed by atoms with Gasteiger partial charge in [-0.15, -0.1) is 0 Å². The van der Waals surface area contributed by atoms with Crippen molar-refractivity contribution in [2.24, 2.45) is 0 Å². The first-order valence-electron chi connectivity index (χ1n) is 5.05. The first kappa shape index (κ1) is 12.3. The maximum atomic E-state index is 12.5. The van der Waals surface area contributed by atoms with E-state index in [1.807, 2.05) is 0 Å². The molecule has 0 bridgehead atoms. The highest BCUT2D eigenvalue weighted by molar-refractivity contribution is 5.59. The first-order chi connectivity index (χ1) is 8.50. The van der Waals surface area contributed by atoms with Gasteiger partial charge in [-0.05, 0) is 30.3 Å². The predicted octanol–water partition coefficient (Wildman–Crippen LogP) is 3.17. The lowest BCUT2D eigenvalue weighted by Crippen LogP contribution is -2.10. The van der Waals surface area contributed by atoms with Gasteiger partial charge in [-0.3, -0.25) is 0 Å². The number of aromatic nitrogens is 2. The van der Waals surface area contributed by atoms with E-state index in [4.69, 9.17) is 4.74 Å². The topological polar surface area (TPSA) is 35.0 Å². The number of hydrogen-bond donors (Lipinski definition) is 0. The third kappa shape index (κ3) is 2.58. The van der Waals surface area contributed by atoms with Crippen LogP contribution >= 0.6 is 0 Å². The molecule has 0 atom stereocenters. The Kier molecular flexibility index (Phi) is 3.18. The van der Waals surface area contributed by atoms with Gasteiger partial charge in [-0.25, -0.2) is 9.97 Å². The lowest BCUT2D eigenvalue weighted by Gasteiger charge is -2.07. The van der Waals surface area contributed by atoms with Crippen LogP contribution in [-0.4, -0.2) is 17.1 Å². The molecule has 0 fully saturated rings. The fraction of sp³-hybridized carbons (Fsp3) is 0.167. The summed E-state index contributed by atoms with van der Waals surface area (Å²) in [6, 6.07) is 8.02. The highest BCUT2D eigenvalue weighted by Gasteiger charge is 2.34. The Morgan fingerprint density at radius 1 is 1.06 bits per heavy atom. The van der Waals surface area contributed by atoms with Gasteiger partial charge in [-0.1, -0.05) is 0 Å². The summed E-state index contributed by atoms with van der Waals surface area (Å²) >= 11 is 0. The van der Waals surface area contributed by atoms with Crippen molar-refractivity contribution in [1.82, 2.24) is 9.97 Å². The Morgan fingerprint density at radius 3 is 2.28 bits per heavy atom. The minimum absolute atomic E-state index is 0.222. The zero-order chi connectivity index (χ0) is 13.2. The molecule has 0 spiro atoms. The first-order valence-corrected chi connectivity index (χ1v) is 5.05. The molecule has 0 aliphatic rings. The average Bonchev–Trinajstić information content (AvgIpc) is 2.38. The lowest BCUT2D eigenvalue weighted by molar-refractivity contribution is -0.144. The summed E-state index contributed by atoms with van der Waals surface area (Å²) in [5.74, 6) is -0.514. The third-order valence-corrected chi connectivity index (χ3v) is 2.29. The van der Waals surface area contributed by atoms with Crippen LogP contribution in [0.15, 0.2) is 36.5 Å². The molecule has 6 heteroatoms. The number of nitrogens with zero attached hydrogens (tertiary/aromatic N) is 2. The zero-order valence-electron chi connectivity index (χ0n) is 9.40. The standard InChI is InChI=1S/C12H9F3N2O/c1-18-9-4-2-8(3-5-9)10-6-7-16-11(17-10)12(13,14)15/h2-7H,1H3. The van der Waals surface area contributed by atoms with Crippen LogP contribution in [0, 0.1) is 0 Å². The molecule has 0 saturated heterocycles. The normalized spacial score (nSPS) is 11.3. The SMILES string of the molecule is COc1ccc(-c2ccnc(C(F)(F)F)n2)cc1. The van der Waals surface area contributed by atoms with Crippen LogP contribution in [0.3, 0.4) is 0 Å². The summed E-state index contributed by atoms with van der Waals surface area (Å²) in [7, 11) is 1.52. The molecule has 94 valence electrons. The molecule has 0 aliphatic carbocycles. The molecule has 1 heterocycles. The van der Waals surface area contributed by atoms with Gasteiger partial charge >= 0.3 is 6.18 Å². The zero-order valence-corrected chi connectivity index (χ0v) is 9.40. The van der Waals surface area contributed by atoms with Crippen molar-refractivity contribution < 1.29 is 17.9 Å². The Bertz CT molecular complexity index is 538. The second-order valence-corrected chi connectivity index (χ2v) is 3.49. The summed E-state index contributed by atoms with van der Waals surface area (Å²) < 4.78 is 42.3. The van der Waals surface area contributed by atoms with Gasteiger partial charge in [-0.2, -0.15) is 13.2 Å². The molecule has 0 amide bonds. The van der Waals surface area contributed by atoms with E-state index < -0.39 is 12.0 Å². The van der Waals surface area contributed by atoms with Crippen LogP contribution in [0.2, 0.25) is 0 Å². The van der Waals surface area contributed by atoms with Gasteiger partial charge in [0.1, 0.15) is 5.75 Å². The molecule has 1 aromatic heterocycles. The van der Waals surface area contributed by atoms with Crippen molar-refractivity contribution in [3.05, 3.63) is 42.4 Å². The summed E-state index contributed by atoms with van der Waals surface area (Å²) in [4.78, 5) is 6.70. The number of ether oxygens (including phenoxy) is 1. The molecule has 0 saturated carbocycles. The summed E-state index contributed by atoms with van der Waals surface area (Å²) in [5.41, 5.74) is 0.795. The molecule has 0 radical (unpaired) electrons. The minimum atomic E-state index is -4.54. The Labute approximate surface area is 101 Å². The molecule has 2 aromatic rings. The number of methoxy groups -OCH3 is 1. The van der Waals surface area contributed by atoms with E-state index in [0.717, 1.165) is 6.20 Å². The third-order valence-electron chi connectivity index (χ3n) is 2.29. The number of benzene rings is 1. The summed E-state index contributed by atoms with van der Waals surface area (Å²) in [6.07, 6.45) is -3.45. The van der Waals surface area contributed by atoms with Gasteiger partial charge in [0.05, 0.1) is 12.8 Å². The highest BCUT2D eigenvalue weighted by Crippen LogP contribution is 2.28. The Balaban J connectivity index is 2.38. The molecule has 18 heavy (non-hydrogen) atoms. The van der Waals surface area contributed by atoms with E-state index in [1.54, 1.807) is 24.3 Å². The van der Waals surface area contributed by atoms with Crippen LogP contribution < -0.4 is 4.74 Å².